The van der Waals surface area contributed by atoms with E-state index in [0.717, 1.165) is 5.56 Å². The van der Waals surface area contributed by atoms with Gasteiger partial charge in [0.1, 0.15) is 17.0 Å². The zero-order chi connectivity index (χ0) is 17.2. The maximum absolute atomic E-state index is 10.0. The Bertz CT molecular complexity index is 824. The predicted molar refractivity (Wildman–Crippen MR) is 82.7 cm³/mol. The van der Waals surface area contributed by atoms with Crippen molar-refractivity contribution in [2.24, 2.45) is 21.6 Å². The van der Waals surface area contributed by atoms with Gasteiger partial charge in [0, 0.05) is 5.92 Å². The van der Waals surface area contributed by atoms with Crippen molar-refractivity contribution in [3.63, 3.8) is 0 Å². The summed E-state index contributed by atoms with van der Waals surface area (Å²) < 4.78 is 16.8. The zero-order valence-corrected chi connectivity index (χ0v) is 13.3. The van der Waals surface area contributed by atoms with Crippen molar-refractivity contribution in [2.75, 3.05) is 13.7 Å². The highest BCUT2D eigenvalue weighted by molar-refractivity contribution is 6.00. The summed E-state index contributed by atoms with van der Waals surface area (Å²) in [4.78, 5) is 4.28. The van der Waals surface area contributed by atoms with Crippen molar-refractivity contribution in [1.82, 2.24) is 0 Å². The minimum absolute atomic E-state index is 0.0986. The summed E-state index contributed by atoms with van der Waals surface area (Å²) in [5.41, 5.74) is 4.39. The van der Waals surface area contributed by atoms with E-state index < -0.39 is 22.7 Å². The monoisotopic (exact) mass is 324 g/mol. The second-order valence-electron chi connectivity index (χ2n) is 6.36. The van der Waals surface area contributed by atoms with Gasteiger partial charge in [0.2, 0.25) is 0 Å². The van der Waals surface area contributed by atoms with Crippen LogP contribution in [0.3, 0.4) is 0 Å². The van der Waals surface area contributed by atoms with Gasteiger partial charge in [-0.05, 0) is 24.6 Å². The first-order valence-corrected chi connectivity index (χ1v) is 7.65. The first-order valence-electron chi connectivity index (χ1n) is 7.65. The molecule has 1 aliphatic carbocycles. The molecule has 1 aromatic carbocycles. The number of rotatable bonds is 2. The molecule has 2 heterocycles. The van der Waals surface area contributed by atoms with Gasteiger partial charge in [-0.3, -0.25) is 0 Å². The van der Waals surface area contributed by atoms with Crippen LogP contribution in [0.4, 0.5) is 0 Å². The van der Waals surface area contributed by atoms with Crippen molar-refractivity contribution in [3.05, 3.63) is 29.8 Å². The van der Waals surface area contributed by atoms with Crippen LogP contribution in [-0.2, 0) is 9.47 Å². The average Bonchev–Trinajstić information content (AvgIpc) is 2.99. The van der Waals surface area contributed by atoms with Gasteiger partial charge in [0.25, 0.3) is 5.91 Å². The van der Waals surface area contributed by atoms with Crippen LogP contribution in [0.5, 0.6) is 5.75 Å². The Morgan fingerprint density at radius 2 is 2.00 bits per heavy atom. The summed E-state index contributed by atoms with van der Waals surface area (Å²) >= 11 is 0. The minimum atomic E-state index is -1.51. The topological polar surface area (TPSA) is 114 Å². The molecule has 122 valence electrons. The fourth-order valence-corrected chi connectivity index (χ4v) is 4.16. The molecule has 4 rings (SSSR count). The molecule has 2 aliphatic heterocycles. The fourth-order valence-electron chi connectivity index (χ4n) is 4.16. The van der Waals surface area contributed by atoms with Crippen LogP contribution in [0.15, 0.2) is 29.3 Å². The molecule has 0 bridgehead atoms. The van der Waals surface area contributed by atoms with E-state index in [4.69, 9.17) is 19.9 Å². The Morgan fingerprint density at radius 3 is 2.50 bits per heavy atom. The molecule has 0 amide bonds. The number of hydrogen-bond acceptors (Lipinski definition) is 7. The third-order valence-corrected chi connectivity index (χ3v) is 5.25. The molecule has 0 unspecified atom stereocenters. The quantitative estimate of drug-likeness (QED) is 0.876. The number of hydrogen-bond donors (Lipinski definition) is 1. The number of nitriles is 2. The highest BCUT2D eigenvalue weighted by Gasteiger charge is 2.94. The lowest BCUT2D eigenvalue weighted by atomic mass is 9.94. The van der Waals surface area contributed by atoms with E-state index >= 15 is 0 Å². The van der Waals surface area contributed by atoms with E-state index in [9.17, 15) is 10.5 Å². The van der Waals surface area contributed by atoms with Crippen molar-refractivity contribution < 1.29 is 14.2 Å². The summed E-state index contributed by atoms with van der Waals surface area (Å²) in [7, 11) is 1.58. The molecule has 1 aromatic rings. The largest absolute Gasteiger partial charge is 0.497 e. The van der Waals surface area contributed by atoms with Gasteiger partial charge in [-0.15, -0.1) is 0 Å². The van der Waals surface area contributed by atoms with E-state index in [0.29, 0.717) is 12.4 Å². The van der Waals surface area contributed by atoms with Gasteiger partial charge >= 0.3 is 0 Å². The first-order chi connectivity index (χ1) is 11.5. The molecule has 7 heteroatoms. The van der Waals surface area contributed by atoms with Crippen molar-refractivity contribution in [2.45, 2.75) is 24.9 Å². The predicted octanol–water partition coefficient (Wildman–Crippen LogP) is 1.27. The van der Waals surface area contributed by atoms with Crippen LogP contribution in [-0.4, -0.2) is 31.6 Å². The molecule has 7 nitrogen and oxygen atoms in total. The molecule has 0 radical (unpaired) electrons. The first kappa shape index (κ1) is 14.9. The van der Waals surface area contributed by atoms with Gasteiger partial charge < -0.3 is 19.9 Å². The van der Waals surface area contributed by atoms with E-state index in [1.165, 1.54) is 0 Å². The van der Waals surface area contributed by atoms with Crippen LogP contribution in [0.1, 0.15) is 18.4 Å². The number of ether oxygens (including phenoxy) is 3. The summed E-state index contributed by atoms with van der Waals surface area (Å²) in [6.45, 7) is 2.14. The second-order valence-corrected chi connectivity index (χ2v) is 6.36. The smallest absolute Gasteiger partial charge is 0.293 e. The van der Waals surface area contributed by atoms with E-state index in [1.807, 2.05) is 19.1 Å². The zero-order valence-electron chi connectivity index (χ0n) is 13.3. The molecule has 3 aliphatic rings. The molecule has 1 saturated carbocycles. The molecular weight excluding hydrogens is 308 g/mol. The Hall–Kier alpha value is -2.61. The molecule has 2 fully saturated rings. The summed E-state index contributed by atoms with van der Waals surface area (Å²) in [6, 6.07) is 11.7. The minimum Gasteiger partial charge on any atom is -0.497 e. The average molecular weight is 324 g/mol. The number of aliphatic imine (C=N–C) groups is 1. The van der Waals surface area contributed by atoms with Crippen LogP contribution in [0.2, 0.25) is 0 Å². The summed E-state index contributed by atoms with van der Waals surface area (Å²) in [5.74, 6) is -1.18. The molecule has 5 atom stereocenters. The van der Waals surface area contributed by atoms with Gasteiger partial charge in [0.15, 0.2) is 5.41 Å². The number of methoxy groups -OCH3 is 1. The van der Waals surface area contributed by atoms with Crippen molar-refractivity contribution >= 4 is 5.84 Å². The molecule has 1 saturated heterocycles. The lowest BCUT2D eigenvalue weighted by Crippen LogP contribution is -2.39. The van der Waals surface area contributed by atoms with Crippen LogP contribution in [0, 0.1) is 33.5 Å². The van der Waals surface area contributed by atoms with Crippen molar-refractivity contribution in [3.8, 4) is 17.9 Å². The molecule has 1 spiro atoms. The molecular formula is C17H16N4O3. The van der Waals surface area contributed by atoms with Crippen LogP contribution in [0.25, 0.3) is 0 Å². The highest BCUT2D eigenvalue weighted by Crippen LogP contribution is 2.82. The Balaban J connectivity index is 1.87. The standard InChI is InChI=1S/C17H16N4O3/c1-10-7-23-17(24-10)16(9-19)13(15(16,8-18)14(20)21-17)11-3-5-12(22-2)6-4-11/h3-6,10,13H,7H2,1-2H3,(H2,20,21)/t10-,13-,15-,16-,17-/m1/s1. The molecule has 24 heavy (non-hydrogen) atoms. The molecule has 2 N–H and O–H groups in total. The Morgan fingerprint density at radius 1 is 1.29 bits per heavy atom. The summed E-state index contributed by atoms with van der Waals surface area (Å²) in [5, 5.41) is 19.9. The van der Waals surface area contributed by atoms with E-state index in [1.54, 1.807) is 19.2 Å². The van der Waals surface area contributed by atoms with Gasteiger partial charge in [-0.1, -0.05) is 12.1 Å². The highest BCUT2D eigenvalue weighted by atomic mass is 16.8. The number of nitrogens with zero attached hydrogens (tertiary/aromatic N) is 3. The number of benzene rings is 1. The number of fused-ring (bicyclic) bond motifs is 2. The molecule has 0 aromatic heterocycles. The maximum Gasteiger partial charge on any atom is 0.293 e. The number of amidine groups is 1. The van der Waals surface area contributed by atoms with Gasteiger partial charge in [0.05, 0.1) is 32.0 Å². The Kier molecular flexibility index (Phi) is 2.79. The fraction of sp³-hybridized carbons (Fsp3) is 0.471. The lowest BCUT2D eigenvalue weighted by molar-refractivity contribution is -0.193. The number of nitrogens with two attached hydrogens (primary N) is 1. The normalized spacial score (nSPS) is 42.1. The van der Waals surface area contributed by atoms with Crippen LogP contribution < -0.4 is 10.5 Å². The third kappa shape index (κ3) is 1.36. The Labute approximate surface area is 139 Å². The van der Waals surface area contributed by atoms with Crippen molar-refractivity contribution in [1.29, 1.82) is 10.5 Å². The van der Waals surface area contributed by atoms with E-state index in [-0.39, 0.29) is 11.9 Å². The second kappa shape index (κ2) is 4.47. The lowest BCUT2D eigenvalue weighted by Gasteiger charge is -2.26. The van der Waals surface area contributed by atoms with Gasteiger partial charge in [-0.2, -0.15) is 10.5 Å². The summed E-state index contributed by atoms with van der Waals surface area (Å²) in [6.07, 6.45) is -0.224. The maximum atomic E-state index is 10.0. The SMILES string of the molecule is COc1ccc([C@H]2[C@@]3(C#N)[C@@]4(N=C(N)[C@@]23C#N)OC[C@@H](C)O4)cc1. The van der Waals surface area contributed by atoms with Crippen LogP contribution >= 0.6 is 0 Å². The van der Waals surface area contributed by atoms with Gasteiger partial charge in [-0.25, -0.2) is 4.99 Å². The van der Waals surface area contributed by atoms with E-state index in [2.05, 4.69) is 17.1 Å². The third-order valence-electron chi connectivity index (χ3n) is 5.25.